The van der Waals surface area contributed by atoms with Crippen molar-refractivity contribution in [2.24, 2.45) is 11.8 Å². The van der Waals surface area contributed by atoms with Crippen LogP contribution in [0.15, 0.2) is 12.3 Å². The molecule has 0 spiro atoms. The summed E-state index contributed by atoms with van der Waals surface area (Å²) < 4.78 is 1.97. The minimum absolute atomic E-state index is 0. The van der Waals surface area contributed by atoms with Crippen LogP contribution >= 0.6 is 12.4 Å². The van der Waals surface area contributed by atoms with Crippen LogP contribution in [0.3, 0.4) is 0 Å². The van der Waals surface area contributed by atoms with Gasteiger partial charge in [0.25, 0.3) is 5.91 Å². The van der Waals surface area contributed by atoms with Crippen LogP contribution in [0, 0.1) is 11.8 Å². The summed E-state index contributed by atoms with van der Waals surface area (Å²) in [5, 5.41) is 8.00. The van der Waals surface area contributed by atoms with Gasteiger partial charge in [0.05, 0.1) is 6.04 Å². The average molecular weight is 371 g/mol. The van der Waals surface area contributed by atoms with E-state index in [2.05, 4.69) is 38.1 Å². The third kappa shape index (κ3) is 6.98. The van der Waals surface area contributed by atoms with Gasteiger partial charge < -0.3 is 10.2 Å². The van der Waals surface area contributed by atoms with Gasteiger partial charge in [-0.3, -0.25) is 9.48 Å². The molecule has 1 amide bonds. The van der Waals surface area contributed by atoms with Crippen molar-refractivity contribution in [3.05, 3.63) is 18.0 Å². The number of rotatable bonds is 8. The molecule has 2 rings (SSSR count). The third-order valence-corrected chi connectivity index (χ3v) is 4.71. The van der Waals surface area contributed by atoms with Gasteiger partial charge in [-0.05, 0) is 50.1 Å². The number of piperidine rings is 1. The standard InChI is InChI=1S/C19H34N4O.ClH/c1-15(2)7-11-22(12-8-16(3)4)19(24)18-9-13-23(21-18)17-6-5-10-20-14-17;/h9,13,15-17,20H,5-8,10-12,14H2,1-4H3;1H. The van der Waals surface area contributed by atoms with Crippen molar-refractivity contribution in [1.29, 1.82) is 0 Å². The van der Waals surface area contributed by atoms with Gasteiger partial charge in [-0.2, -0.15) is 5.10 Å². The Morgan fingerprint density at radius 3 is 2.44 bits per heavy atom. The first kappa shape index (κ1) is 22.0. The van der Waals surface area contributed by atoms with Crippen molar-refractivity contribution < 1.29 is 4.79 Å². The van der Waals surface area contributed by atoms with Crippen LogP contribution < -0.4 is 5.32 Å². The van der Waals surface area contributed by atoms with Gasteiger partial charge in [0, 0.05) is 25.8 Å². The molecule has 1 N–H and O–H groups in total. The summed E-state index contributed by atoms with van der Waals surface area (Å²) in [6, 6.07) is 2.26. The van der Waals surface area contributed by atoms with E-state index in [-0.39, 0.29) is 18.3 Å². The van der Waals surface area contributed by atoms with Crippen LogP contribution in [-0.2, 0) is 0 Å². The van der Waals surface area contributed by atoms with Gasteiger partial charge >= 0.3 is 0 Å². The van der Waals surface area contributed by atoms with E-state index < -0.39 is 0 Å². The number of carbonyl (C=O) groups is 1. The van der Waals surface area contributed by atoms with Crippen molar-refractivity contribution >= 4 is 18.3 Å². The zero-order valence-electron chi connectivity index (χ0n) is 16.2. The third-order valence-electron chi connectivity index (χ3n) is 4.71. The first-order valence-corrected chi connectivity index (χ1v) is 9.52. The Bertz CT molecular complexity index is 497. The van der Waals surface area contributed by atoms with Gasteiger partial charge in [0.1, 0.15) is 5.69 Å². The molecule has 1 aromatic heterocycles. The number of nitrogens with one attached hydrogen (secondary N) is 1. The van der Waals surface area contributed by atoms with E-state index in [0.29, 0.717) is 23.6 Å². The van der Waals surface area contributed by atoms with E-state index in [1.165, 1.54) is 6.42 Å². The van der Waals surface area contributed by atoms with Gasteiger partial charge in [0.2, 0.25) is 0 Å². The van der Waals surface area contributed by atoms with Crippen molar-refractivity contribution in [3.63, 3.8) is 0 Å². The van der Waals surface area contributed by atoms with Crippen molar-refractivity contribution in [3.8, 4) is 0 Å². The van der Waals surface area contributed by atoms with Crippen molar-refractivity contribution in [1.82, 2.24) is 20.0 Å². The maximum atomic E-state index is 12.9. The molecule has 1 aromatic rings. The monoisotopic (exact) mass is 370 g/mol. The normalized spacial score (nSPS) is 17.6. The predicted octanol–water partition coefficient (Wildman–Crippen LogP) is 3.76. The molecule has 1 saturated heterocycles. The first-order valence-electron chi connectivity index (χ1n) is 9.52. The molecule has 1 aliphatic rings. The lowest BCUT2D eigenvalue weighted by molar-refractivity contribution is 0.0733. The summed E-state index contributed by atoms with van der Waals surface area (Å²) in [7, 11) is 0. The maximum Gasteiger partial charge on any atom is 0.274 e. The summed E-state index contributed by atoms with van der Waals surface area (Å²) >= 11 is 0. The Hall–Kier alpha value is -1.07. The Kier molecular flexibility index (Phi) is 9.51. The van der Waals surface area contributed by atoms with E-state index >= 15 is 0 Å². The van der Waals surface area contributed by atoms with E-state index in [1.807, 2.05) is 21.8 Å². The molecule has 0 bridgehead atoms. The minimum Gasteiger partial charge on any atom is -0.337 e. The number of carbonyl (C=O) groups excluding carboxylic acids is 1. The molecule has 0 aromatic carbocycles. The predicted molar refractivity (Wildman–Crippen MR) is 105 cm³/mol. The molecule has 0 aliphatic carbocycles. The quantitative estimate of drug-likeness (QED) is 0.757. The Morgan fingerprint density at radius 1 is 1.28 bits per heavy atom. The van der Waals surface area contributed by atoms with E-state index in [1.54, 1.807) is 0 Å². The maximum absolute atomic E-state index is 12.9. The second-order valence-electron chi connectivity index (χ2n) is 7.84. The number of hydrogen-bond donors (Lipinski definition) is 1. The Balaban J connectivity index is 0.00000312. The highest BCUT2D eigenvalue weighted by Crippen LogP contribution is 2.17. The number of nitrogens with zero attached hydrogens (tertiary/aromatic N) is 3. The fraction of sp³-hybridized carbons (Fsp3) is 0.789. The number of hydrogen-bond acceptors (Lipinski definition) is 3. The molecular weight excluding hydrogens is 336 g/mol. The topological polar surface area (TPSA) is 50.2 Å². The number of halogens is 1. The highest BCUT2D eigenvalue weighted by Gasteiger charge is 2.21. The first-order chi connectivity index (χ1) is 11.5. The molecule has 1 unspecified atom stereocenters. The van der Waals surface area contributed by atoms with E-state index in [4.69, 9.17) is 0 Å². The van der Waals surface area contributed by atoms with Gasteiger partial charge in [0.15, 0.2) is 0 Å². The highest BCUT2D eigenvalue weighted by molar-refractivity contribution is 5.92. The fourth-order valence-corrected chi connectivity index (χ4v) is 3.02. The zero-order chi connectivity index (χ0) is 17.5. The van der Waals surface area contributed by atoms with Gasteiger partial charge in [-0.1, -0.05) is 27.7 Å². The van der Waals surface area contributed by atoms with Crippen LogP contribution in [-0.4, -0.2) is 46.8 Å². The molecule has 0 radical (unpaired) electrons. The van der Waals surface area contributed by atoms with Crippen LogP contribution in [0.4, 0.5) is 0 Å². The highest BCUT2D eigenvalue weighted by atomic mass is 35.5. The lowest BCUT2D eigenvalue weighted by Gasteiger charge is -2.24. The molecule has 1 fully saturated rings. The smallest absolute Gasteiger partial charge is 0.274 e. The number of amides is 1. The summed E-state index contributed by atoms with van der Waals surface area (Å²) in [5.74, 6) is 1.29. The zero-order valence-corrected chi connectivity index (χ0v) is 17.0. The molecule has 25 heavy (non-hydrogen) atoms. The molecular formula is C19H35ClN4O. The molecule has 6 heteroatoms. The van der Waals surface area contributed by atoms with Crippen LogP contribution in [0.2, 0.25) is 0 Å². The molecule has 0 saturated carbocycles. The molecule has 144 valence electrons. The fourth-order valence-electron chi connectivity index (χ4n) is 3.02. The Morgan fingerprint density at radius 2 is 1.92 bits per heavy atom. The van der Waals surface area contributed by atoms with Crippen molar-refractivity contribution in [2.75, 3.05) is 26.2 Å². The molecule has 2 heterocycles. The average Bonchev–Trinajstić information content (AvgIpc) is 3.04. The molecule has 5 nitrogen and oxygen atoms in total. The van der Waals surface area contributed by atoms with E-state index in [9.17, 15) is 4.79 Å². The lowest BCUT2D eigenvalue weighted by Crippen LogP contribution is -2.35. The van der Waals surface area contributed by atoms with Crippen LogP contribution in [0.5, 0.6) is 0 Å². The second-order valence-corrected chi connectivity index (χ2v) is 7.84. The Labute approximate surface area is 158 Å². The van der Waals surface area contributed by atoms with Crippen molar-refractivity contribution in [2.45, 2.75) is 59.4 Å². The summed E-state index contributed by atoms with van der Waals surface area (Å²) in [6.07, 6.45) is 6.34. The van der Waals surface area contributed by atoms with Crippen LogP contribution in [0.1, 0.15) is 69.9 Å². The summed E-state index contributed by atoms with van der Waals surface area (Å²) in [6.45, 7) is 12.5. The lowest BCUT2D eigenvalue weighted by atomic mass is 10.1. The van der Waals surface area contributed by atoms with Crippen LogP contribution in [0.25, 0.3) is 0 Å². The SMILES string of the molecule is CC(C)CCN(CCC(C)C)C(=O)c1ccn(C2CCCNC2)n1.Cl. The molecule has 1 aliphatic heterocycles. The van der Waals surface area contributed by atoms with Gasteiger partial charge in [-0.25, -0.2) is 0 Å². The largest absolute Gasteiger partial charge is 0.337 e. The summed E-state index contributed by atoms with van der Waals surface area (Å²) in [4.78, 5) is 14.9. The second kappa shape index (κ2) is 10.8. The minimum atomic E-state index is 0. The molecule has 1 atom stereocenters. The van der Waals surface area contributed by atoms with Gasteiger partial charge in [-0.15, -0.1) is 12.4 Å². The van der Waals surface area contributed by atoms with E-state index in [0.717, 1.165) is 45.4 Å². The summed E-state index contributed by atoms with van der Waals surface area (Å²) in [5.41, 5.74) is 0.591. The number of aromatic nitrogens is 2.